The maximum absolute atomic E-state index is 13.4. The third-order valence-corrected chi connectivity index (χ3v) is 2.21. The molecule has 88 valence electrons. The molecule has 0 aliphatic heterocycles. The van der Waals surface area contributed by atoms with Crippen LogP contribution < -0.4 is 10.5 Å². The van der Waals surface area contributed by atoms with Crippen LogP contribution in [-0.2, 0) is 0 Å². The molecule has 0 fully saturated rings. The fourth-order valence-corrected chi connectivity index (χ4v) is 1.46. The van der Waals surface area contributed by atoms with Crippen LogP contribution in [0.25, 0.3) is 0 Å². The highest BCUT2D eigenvalue weighted by atomic mass is 19.1. The summed E-state index contributed by atoms with van der Waals surface area (Å²) in [6, 6.07) is 8.22. The Morgan fingerprint density at radius 1 is 1.06 bits per heavy atom. The summed E-state index contributed by atoms with van der Waals surface area (Å²) in [5.74, 6) is -0.798. The zero-order valence-corrected chi connectivity index (χ0v) is 9.21. The second-order valence-electron chi connectivity index (χ2n) is 3.76. The van der Waals surface area contributed by atoms with E-state index in [1.54, 1.807) is 6.07 Å². The summed E-state index contributed by atoms with van der Waals surface area (Å²) >= 11 is 0. The van der Waals surface area contributed by atoms with E-state index in [2.05, 4.69) is 0 Å². The van der Waals surface area contributed by atoms with Gasteiger partial charge in [-0.3, -0.25) is 0 Å². The molecule has 0 aliphatic carbocycles. The van der Waals surface area contributed by atoms with Crippen LogP contribution in [-0.4, -0.2) is 0 Å². The molecule has 0 atom stereocenters. The average molecular weight is 235 g/mol. The van der Waals surface area contributed by atoms with Gasteiger partial charge in [-0.15, -0.1) is 0 Å². The van der Waals surface area contributed by atoms with Crippen molar-refractivity contribution in [3.63, 3.8) is 0 Å². The van der Waals surface area contributed by atoms with Crippen LogP contribution in [0.3, 0.4) is 0 Å². The lowest BCUT2D eigenvalue weighted by Gasteiger charge is -2.08. The fourth-order valence-electron chi connectivity index (χ4n) is 1.46. The van der Waals surface area contributed by atoms with Gasteiger partial charge < -0.3 is 10.5 Å². The number of hydrogen-bond donors (Lipinski definition) is 1. The Morgan fingerprint density at radius 2 is 1.82 bits per heavy atom. The molecule has 4 heteroatoms. The van der Waals surface area contributed by atoms with Crippen LogP contribution in [0, 0.1) is 18.6 Å². The molecule has 0 aromatic heterocycles. The van der Waals surface area contributed by atoms with Crippen molar-refractivity contribution in [1.29, 1.82) is 0 Å². The maximum atomic E-state index is 13.4. The van der Waals surface area contributed by atoms with Gasteiger partial charge in [-0.1, -0.05) is 6.07 Å². The molecule has 2 aromatic rings. The minimum atomic E-state index is -0.520. The Kier molecular flexibility index (Phi) is 2.95. The van der Waals surface area contributed by atoms with Gasteiger partial charge in [0, 0.05) is 17.8 Å². The lowest BCUT2D eigenvalue weighted by Crippen LogP contribution is -1.92. The van der Waals surface area contributed by atoms with E-state index in [4.69, 9.17) is 10.5 Å². The number of halogens is 2. The smallest absolute Gasteiger partial charge is 0.165 e. The largest absolute Gasteiger partial charge is 0.454 e. The summed E-state index contributed by atoms with van der Waals surface area (Å²) in [6.07, 6.45) is 0. The Labute approximate surface area is 97.6 Å². The van der Waals surface area contributed by atoms with Crippen molar-refractivity contribution in [2.75, 3.05) is 5.73 Å². The molecule has 0 radical (unpaired) electrons. The van der Waals surface area contributed by atoms with Gasteiger partial charge in [-0.25, -0.2) is 8.78 Å². The predicted molar refractivity (Wildman–Crippen MR) is 62.0 cm³/mol. The molecule has 2 nitrogen and oxygen atoms in total. The first-order valence-electron chi connectivity index (χ1n) is 5.04. The molecule has 0 spiro atoms. The zero-order chi connectivity index (χ0) is 12.4. The quantitative estimate of drug-likeness (QED) is 0.806. The summed E-state index contributed by atoms with van der Waals surface area (Å²) in [5, 5.41) is 0. The number of nitrogens with two attached hydrogens (primary N) is 1. The van der Waals surface area contributed by atoms with E-state index >= 15 is 0 Å². The normalized spacial score (nSPS) is 10.3. The summed E-state index contributed by atoms with van der Waals surface area (Å²) in [6.45, 7) is 1.81. The van der Waals surface area contributed by atoms with E-state index in [1.807, 2.05) is 6.92 Å². The van der Waals surface area contributed by atoms with Crippen LogP contribution in [0.1, 0.15) is 5.56 Å². The Hall–Kier alpha value is -2.10. The number of nitrogen functional groups attached to an aromatic ring is 1. The van der Waals surface area contributed by atoms with E-state index in [9.17, 15) is 8.78 Å². The predicted octanol–water partition coefficient (Wildman–Crippen LogP) is 3.65. The number of hydrogen-bond acceptors (Lipinski definition) is 2. The molecule has 0 bridgehead atoms. The third-order valence-electron chi connectivity index (χ3n) is 2.21. The maximum Gasteiger partial charge on any atom is 0.165 e. The van der Waals surface area contributed by atoms with Crippen molar-refractivity contribution in [3.8, 4) is 11.5 Å². The molecule has 0 amide bonds. The number of aryl methyl sites for hydroxylation is 1. The van der Waals surface area contributed by atoms with Crippen LogP contribution in [0.15, 0.2) is 36.4 Å². The molecule has 0 heterocycles. The Bertz CT molecular complexity index is 535. The lowest BCUT2D eigenvalue weighted by molar-refractivity contribution is 0.438. The molecule has 2 rings (SSSR count). The molecular weight excluding hydrogens is 224 g/mol. The first kappa shape index (κ1) is 11.4. The minimum absolute atomic E-state index is 0.0509. The summed E-state index contributed by atoms with van der Waals surface area (Å²) in [7, 11) is 0. The first-order valence-corrected chi connectivity index (χ1v) is 5.04. The van der Waals surface area contributed by atoms with Gasteiger partial charge in [-0.05, 0) is 30.7 Å². The standard InChI is InChI=1S/C13H11F2NO/c1-8-2-3-12(15)13(4-8)17-11-6-9(14)5-10(16)7-11/h2-7H,16H2,1H3. The molecule has 2 aromatic carbocycles. The molecule has 0 aliphatic rings. The molecule has 17 heavy (non-hydrogen) atoms. The summed E-state index contributed by atoms with van der Waals surface area (Å²) in [5.41, 5.74) is 6.55. The Morgan fingerprint density at radius 3 is 2.53 bits per heavy atom. The van der Waals surface area contributed by atoms with Crippen LogP contribution >= 0.6 is 0 Å². The topological polar surface area (TPSA) is 35.2 Å². The molecule has 0 saturated carbocycles. The Balaban J connectivity index is 2.34. The van der Waals surface area contributed by atoms with Crippen molar-refractivity contribution in [1.82, 2.24) is 0 Å². The number of rotatable bonds is 2. The zero-order valence-electron chi connectivity index (χ0n) is 9.21. The van der Waals surface area contributed by atoms with Gasteiger partial charge in [0.15, 0.2) is 11.6 Å². The minimum Gasteiger partial charge on any atom is -0.454 e. The number of ether oxygens (including phenoxy) is 1. The average Bonchev–Trinajstić information content (AvgIpc) is 2.22. The van der Waals surface area contributed by atoms with Crippen molar-refractivity contribution >= 4 is 5.69 Å². The molecule has 0 saturated heterocycles. The van der Waals surface area contributed by atoms with Gasteiger partial charge in [-0.2, -0.15) is 0 Å². The summed E-state index contributed by atoms with van der Waals surface area (Å²) in [4.78, 5) is 0. The van der Waals surface area contributed by atoms with Gasteiger partial charge in [0.1, 0.15) is 11.6 Å². The number of anilines is 1. The first-order chi connectivity index (χ1) is 8.04. The highest BCUT2D eigenvalue weighted by Gasteiger charge is 2.06. The highest BCUT2D eigenvalue weighted by molar-refractivity contribution is 5.46. The molecular formula is C13H11F2NO. The SMILES string of the molecule is Cc1ccc(F)c(Oc2cc(N)cc(F)c2)c1. The van der Waals surface area contributed by atoms with Crippen molar-refractivity contribution in [2.24, 2.45) is 0 Å². The van der Waals surface area contributed by atoms with Gasteiger partial charge in [0.25, 0.3) is 0 Å². The second-order valence-corrected chi connectivity index (χ2v) is 3.76. The van der Waals surface area contributed by atoms with Gasteiger partial charge in [0.05, 0.1) is 0 Å². The van der Waals surface area contributed by atoms with Crippen molar-refractivity contribution in [3.05, 3.63) is 53.6 Å². The van der Waals surface area contributed by atoms with E-state index < -0.39 is 11.6 Å². The van der Waals surface area contributed by atoms with Crippen molar-refractivity contribution in [2.45, 2.75) is 6.92 Å². The molecule has 0 unspecified atom stereocenters. The van der Waals surface area contributed by atoms with E-state index in [0.29, 0.717) is 0 Å². The monoisotopic (exact) mass is 235 g/mol. The molecule has 2 N–H and O–H groups in total. The van der Waals surface area contributed by atoms with Gasteiger partial charge >= 0.3 is 0 Å². The van der Waals surface area contributed by atoms with E-state index in [1.165, 1.54) is 24.3 Å². The number of benzene rings is 2. The third kappa shape index (κ3) is 2.72. The van der Waals surface area contributed by atoms with Crippen LogP contribution in [0.2, 0.25) is 0 Å². The lowest BCUT2D eigenvalue weighted by atomic mass is 10.2. The van der Waals surface area contributed by atoms with E-state index in [0.717, 1.165) is 11.6 Å². The summed E-state index contributed by atoms with van der Waals surface area (Å²) < 4.78 is 31.7. The fraction of sp³-hybridized carbons (Fsp3) is 0.0769. The highest BCUT2D eigenvalue weighted by Crippen LogP contribution is 2.27. The van der Waals surface area contributed by atoms with Crippen LogP contribution in [0.5, 0.6) is 11.5 Å². The van der Waals surface area contributed by atoms with Crippen molar-refractivity contribution < 1.29 is 13.5 Å². The second kappa shape index (κ2) is 4.41. The van der Waals surface area contributed by atoms with Crippen LogP contribution in [0.4, 0.5) is 14.5 Å². The van der Waals surface area contributed by atoms with E-state index in [-0.39, 0.29) is 17.2 Å². The van der Waals surface area contributed by atoms with Gasteiger partial charge in [0.2, 0.25) is 0 Å².